The van der Waals surface area contributed by atoms with E-state index in [0.29, 0.717) is 4.47 Å². The van der Waals surface area contributed by atoms with Crippen molar-refractivity contribution in [3.63, 3.8) is 0 Å². The molecule has 0 fully saturated rings. The van der Waals surface area contributed by atoms with Crippen molar-refractivity contribution < 1.29 is 17.6 Å². The maximum absolute atomic E-state index is 12.9. The topological polar surface area (TPSA) is 66.5 Å². The molecule has 0 atom stereocenters. The van der Waals surface area contributed by atoms with Crippen molar-refractivity contribution in [1.29, 1.82) is 0 Å². The Kier molecular flexibility index (Phi) is 6.69. The molecular weight excluding hydrogens is 411 g/mol. The number of carbonyl (C=O) groups excluding carboxylic acids is 1. The molecule has 0 bridgehead atoms. The van der Waals surface area contributed by atoms with Crippen molar-refractivity contribution in [2.24, 2.45) is 0 Å². The van der Waals surface area contributed by atoms with Crippen LogP contribution in [0.2, 0.25) is 0 Å². The van der Waals surface area contributed by atoms with Crippen molar-refractivity contribution in [2.75, 3.05) is 13.1 Å². The minimum Gasteiger partial charge on any atom is -0.351 e. The van der Waals surface area contributed by atoms with E-state index in [2.05, 4.69) is 21.2 Å². The summed E-state index contributed by atoms with van der Waals surface area (Å²) in [6.45, 7) is 1.74. The van der Waals surface area contributed by atoms with Gasteiger partial charge in [-0.25, -0.2) is 12.8 Å². The first-order valence-corrected chi connectivity index (χ1v) is 9.83. The molecule has 1 amide bonds. The van der Waals surface area contributed by atoms with Crippen LogP contribution in [0.5, 0.6) is 0 Å². The average molecular weight is 429 g/mol. The zero-order valence-corrected chi connectivity index (χ0v) is 16.0. The smallest absolute Gasteiger partial charge is 0.244 e. The van der Waals surface area contributed by atoms with Crippen LogP contribution in [0.15, 0.2) is 57.9 Å². The molecule has 0 radical (unpaired) electrons. The quantitative estimate of drug-likeness (QED) is 0.736. The third kappa shape index (κ3) is 5.10. The molecule has 0 aliphatic carbocycles. The molecule has 0 unspecified atom stereocenters. The number of carbonyl (C=O) groups is 1. The van der Waals surface area contributed by atoms with Gasteiger partial charge >= 0.3 is 0 Å². The number of amides is 1. The molecule has 0 saturated heterocycles. The Morgan fingerprint density at radius 2 is 1.80 bits per heavy atom. The van der Waals surface area contributed by atoms with Crippen molar-refractivity contribution in [1.82, 2.24) is 9.62 Å². The van der Waals surface area contributed by atoms with Crippen LogP contribution in [0.1, 0.15) is 12.5 Å². The second-order valence-electron chi connectivity index (χ2n) is 5.26. The fourth-order valence-electron chi connectivity index (χ4n) is 2.18. The molecule has 2 aromatic rings. The maximum Gasteiger partial charge on any atom is 0.244 e. The Morgan fingerprint density at radius 1 is 1.16 bits per heavy atom. The summed E-state index contributed by atoms with van der Waals surface area (Å²) in [6.07, 6.45) is 0. The summed E-state index contributed by atoms with van der Waals surface area (Å²) in [7, 11) is -3.79. The minimum atomic E-state index is -3.79. The van der Waals surface area contributed by atoms with E-state index in [9.17, 15) is 17.6 Å². The van der Waals surface area contributed by atoms with Crippen LogP contribution in [0.3, 0.4) is 0 Å². The summed E-state index contributed by atoms with van der Waals surface area (Å²) in [5.74, 6) is -0.784. The lowest BCUT2D eigenvalue weighted by Gasteiger charge is -2.20. The highest BCUT2D eigenvalue weighted by Gasteiger charge is 2.26. The van der Waals surface area contributed by atoms with Gasteiger partial charge in [0.25, 0.3) is 0 Å². The molecule has 0 heterocycles. The zero-order valence-electron chi connectivity index (χ0n) is 13.6. The first-order valence-electron chi connectivity index (χ1n) is 7.60. The number of sulfonamides is 1. The van der Waals surface area contributed by atoms with E-state index in [-0.39, 0.29) is 30.3 Å². The summed E-state index contributed by atoms with van der Waals surface area (Å²) >= 11 is 3.23. The van der Waals surface area contributed by atoms with Gasteiger partial charge in [-0.2, -0.15) is 4.31 Å². The lowest BCUT2D eigenvalue weighted by Crippen LogP contribution is -2.40. The van der Waals surface area contributed by atoms with E-state index in [0.717, 1.165) is 9.87 Å². The predicted octanol–water partition coefficient (Wildman–Crippen LogP) is 2.92. The van der Waals surface area contributed by atoms with Crippen LogP contribution in [-0.4, -0.2) is 31.7 Å². The first kappa shape index (κ1) is 19.6. The van der Waals surface area contributed by atoms with Crippen molar-refractivity contribution in [3.8, 4) is 0 Å². The molecule has 1 N–H and O–H groups in total. The van der Waals surface area contributed by atoms with Crippen LogP contribution in [0.25, 0.3) is 0 Å². The summed E-state index contributed by atoms with van der Waals surface area (Å²) in [6, 6.07) is 12.2. The van der Waals surface area contributed by atoms with E-state index in [4.69, 9.17) is 0 Å². The van der Waals surface area contributed by atoms with Crippen LogP contribution >= 0.6 is 15.9 Å². The molecule has 25 heavy (non-hydrogen) atoms. The van der Waals surface area contributed by atoms with Gasteiger partial charge in [-0.05, 0) is 45.8 Å². The van der Waals surface area contributed by atoms with Crippen LogP contribution in [0, 0.1) is 5.82 Å². The lowest BCUT2D eigenvalue weighted by molar-refractivity contribution is -0.121. The predicted molar refractivity (Wildman–Crippen MR) is 96.8 cm³/mol. The van der Waals surface area contributed by atoms with Crippen LogP contribution in [-0.2, 0) is 21.4 Å². The SMILES string of the molecule is CCN(CC(=O)NCc1ccc(F)cc1)S(=O)(=O)c1ccccc1Br. The summed E-state index contributed by atoms with van der Waals surface area (Å²) in [5.41, 5.74) is 0.728. The normalized spacial score (nSPS) is 11.5. The molecule has 2 rings (SSSR count). The Morgan fingerprint density at radius 3 is 2.40 bits per heavy atom. The monoisotopic (exact) mass is 428 g/mol. The fourth-order valence-corrected chi connectivity index (χ4v) is 4.55. The summed E-state index contributed by atoms with van der Waals surface area (Å²) in [4.78, 5) is 12.2. The number of halogens is 2. The fraction of sp³-hybridized carbons (Fsp3) is 0.235. The van der Waals surface area contributed by atoms with E-state index in [1.54, 1.807) is 37.3 Å². The van der Waals surface area contributed by atoms with Crippen LogP contribution in [0.4, 0.5) is 4.39 Å². The number of nitrogens with one attached hydrogen (secondary N) is 1. The van der Waals surface area contributed by atoms with Gasteiger partial charge in [-0.1, -0.05) is 31.2 Å². The molecule has 0 spiro atoms. The van der Waals surface area contributed by atoms with E-state index in [1.165, 1.54) is 18.2 Å². The van der Waals surface area contributed by atoms with E-state index < -0.39 is 15.9 Å². The molecule has 8 heteroatoms. The molecule has 0 aromatic heterocycles. The largest absolute Gasteiger partial charge is 0.351 e. The lowest BCUT2D eigenvalue weighted by atomic mass is 10.2. The minimum absolute atomic E-state index is 0.114. The van der Waals surface area contributed by atoms with Gasteiger partial charge in [0.2, 0.25) is 15.9 Å². The van der Waals surface area contributed by atoms with E-state index >= 15 is 0 Å². The number of hydrogen-bond donors (Lipinski definition) is 1. The van der Waals surface area contributed by atoms with Crippen molar-refractivity contribution >= 4 is 31.9 Å². The van der Waals surface area contributed by atoms with Gasteiger partial charge < -0.3 is 5.32 Å². The molecular formula is C17H18BrFN2O3S. The number of rotatable bonds is 7. The third-order valence-corrected chi connectivity index (χ3v) is 6.46. The van der Waals surface area contributed by atoms with Gasteiger partial charge in [0.05, 0.1) is 11.4 Å². The highest BCUT2D eigenvalue weighted by molar-refractivity contribution is 9.10. The second kappa shape index (κ2) is 8.55. The molecule has 2 aromatic carbocycles. The number of hydrogen-bond acceptors (Lipinski definition) is 3. The third-order valence-electron chi connectivity index (χ3n) is 3.53. The van der Waals surface area contributed by atoms with E-state index in [1.807, 2.05) is 0 Å². The molecule has 5 nitrogen and oxygen atoms in total. The summed E-state index contributed by atoms with van der Waals surface area (Å²) in [5, 5.41) is 2.64. The van der Waals surface area contributed by atoms with Crippen molar-refractivity contribution in [3.05, 3.63) is 64.4 Å². The second-order valence-corrected chi connectivity index (χ2v) is 8.03. The van der Waals surface area contributed by atoms with Crippen LogP contribution < -0.4 is 5.32 Å². The zero-order chi connectivity index (χ0) is 18.4. The number of benzene rings is 2. The Hall–Kier alpha value is -1.77. The Labute approximate surface area is 155 Å². The van der Waals surface area contributed by atoms with Crippen molar-refractivity contribution in [2.45, 2.75) is 18.4 Å². The van der Waals surface area contributed by atoms with Gasteiger partial charge in [0.1, 0.15) is 5.82 Å². The van der Waals surface area contributed by atoms with Gasteiger partial charge in [-0.3, -0.25) is 4.79 Å². The highest BCUT2D eigenvalue weighted by Crippen LogP contribution is 2.24. The Balaban J connectivity index is 2.04. The number of nitrogens with zero attached hydrogens (tertiary/aromatic N) is 1. The average Bonchev–Trinajstić information content (AvgIpc) is 2.59. The van der Waals surface area contributed by atoms with Gasteiger partial charge in [0.15, 0.2) is 0 Å². The standard InChI is InChI=1S/C17H18BrFN2O3S/c1-2-21(25(23,24)16-6-4-3-5-15(16)18)12-17(22)20-11-13-7-9-14(19)10-8-13/h3-10H,2,11-12H2,1H3,(H,20,22). The van der Waals surface area contributed by atoms with Gasteiger partial charge in [0, 0.05) is 17.6 Å². The molecule has 0 aliphatic heterocycles. The summed E-state index contributed by atoms with van der Waals surface area (Å²) < 4.78 is 39.8. The Bertz CT molecular complexity index is 841. The molecule has 0 saturated carbocycles. The maximum atomic E-state index is 12.9. The molecule has 0 aliphatic rings. The number of likely N-dealkylation sites (N-methyl/N-ethyl adjacent to an activating group) is 1. The highest BCUT2D eigenvalue weighted by atomic mass is 79.9. The molecule has 134 valence electrons. The first-order chi connectivity index (χ1) is 11.8. The van der Waals surface area contributed by atoms with Gasteiger partial charge in [-0.15, -0.1) is 0 Å².